The summed E-state index contributed by atoms with van der Waals surface area (Å²) >= 11 is -2.38. The van der Waals surface area contributed by atoms with Gasteiger partial charge in [0.25, 0.3) is 0 Å². The van der Waals surface area contributed by atoms with Crippen LogP contribution in [0.5, 0.6) is 0 Å². The van der Waals surface area contributed by atoms with E-state index >= 15 is 0 Å². The summed E-state index contributed by atoms with van der Waals surface area (Å²) in [6.45, 7) is 10.1. The Labute approximate surface area is 273 Å². The third-order valence-electron chi connectivity index (χ3n) is 9.10. The number of benzene rings is 2. The molecule has 0 bridgehead atoms. The van der Waals surface area contributed by atoms with Gasteiger partial charge in [0.15, 0.2) is 0 Å². The molecule has 0 nitrogen and oxygen atoms in total. The Morgan fingerprint density at radius 2 is 0.976 bits per heavy atom. The van der Waals surface area contributed by atoms with Crippen LogP contribution in [0.25, 0.3) is 0 Å². The molecule has 6 rings (SSSR count). The van der Waals surface area contributed by atoms with Gasteiger partial charge in [-0.05, 0) is 0 Å². The van der Waals surface area contributed by atoms with Gasteiger partial charge in [-0.15, -0.1) is 0 Å². The summed E-state index contributed by atoms with van der Waals surface area (Å²) in [5.41, 5.74) is 12.3. The fourth-order valence-corrected chi connectivity index (χ4v) is 36.9. The van der Waals surface area contributed by atoms with Gasteiger partial charge in [-0.2, -0.15) is 0 Å². The van der Waals surface area contributed by atoms with Crippen molar-refractivity contribution < 1.29 is 44.9 Å². The molecule has 4 unspecified atom stereocenters. The predicted octanol–water partition coefficient (Wildman–Crippen LogP) is 4.55. The zero-order chi connectivity index (χ0) is 27.6. The predicted molar refractivity (Wildman–Crippen MR) is 171 cm³/mol. The largest absolute Gasteiger partial charge is 1.00 e. The van der Waals surface area contributed by atoms with Crippen molar-refractivity contribution in [3.8, 4) is 0 Å². The summed E-state index contributed by atoms with van der Waals surface area (Å²) in [6, 6.07) is 22.3. The van der Waals surface area contributed by atoms with Gasteiger partial charge in [0.1, 0.15) is 0 Å². The van der Waals surface area contributed by atoms with Gasteiger partial charge in [0.05, 0.1) is 0 Å². The van der Waals surface area contributed by atoms with E-state index in [1.807, 2.05) is 0 Å². The van der Waals surface area contributed by atoms with E-state index < -0.39 is 25.6 Å². The van der Waals surface area contributed by atoms with Crippen LogP contribution in [0.3, 0.4) is 0 Å². The first-order valence-electron chi connectivity index (χ1n) is 15.0. The van der Waals surface area contributed by atoms with Crippen molar-refractivity contribution in [1.82, 2.24) is 0 Å². The molecule has 4 aliphatic carbocycles. The summed E-state index contributed by atoms with van der Waals surface area (Å²) in [4.78, 5) is 0. The van der Waals surface area contributed by atoms with E-state index in [2.05, 4.69) is 148 Å². The van der Waals surface area contributed by atoms with Gasteiger partial charge >= 0.3 is 251 Å². The minimum absolute atomic E-state index is 0. The minimum Gasteiger partial charge on any atom is -1.00 e. The zero-order valence-electron chi connectivity index (χ0n) is 25.0. The molecular formula is C38H40Cl2HfSi. The first kappa shape index (κ1) is 32.9. The zero-order valence-corrected chi connectivity index (χ0v) is 31.1. The Hall–Kier alpha value is -1.97. The number of hydrogen-bond acceptors (Lipinski definition) is 0. The smallest absolute Gasteiger partial charge is 1.00 e. The Bertz CT molecular complexity index is 1460. The van der Waals surface area contributed by atoms with Crippen molar-refractivity contribution in [3.63, 3.8) is 0 Å². The SMILES string of the molecule is CCC1=CC2=C(C=CC=CC2c2ccccc2)[CH]1[Hf+2]([CH]1C(CC)=CC2=C1C=CC=CC2c1ccccc1)=[Si](C)C.[Cl-].[Cl-]. The van der Waals surface area contributed by atoms with E-state index in [4.69, 9.17) is 0 Å². The maximum atomic E-state index is 2.66. The molecule has 0 amide bonds. The number of hydrogen-bond donors (Lipinski definition) is 0. The van der Waals surface area contributed by atoms with Crippen molar-refractivity contribution in [2.45, 2.75) is 59.0 Å². The van der Waals surface area contributed by atoms with Crippen molar-refractivity contribution in [3.05, 3.63) is 166 Å². The number of rotatable bonds is 6. The Balaban J connectivity index is 0.00000202. The first-order chi connectivity index (χ1) is 19.6. The Morgan fingerprint density at radius 1 is 0.571 bits per heavy atom. The van der Waals surface area contributed by atoms with Crippen molar-refractivity contribution >= 4 is 5.49 Å². The molecule has 0 spiro atoms. The van der Waals surface area contributed by atoms with Gasteiger partial charge in [-0.1, -0.05) is 0 Å². The molecule has 0 heterocycles. The topological polar surface area (TPSA) is 0 Å². The second-order valence-corrected chi connectivity index (χ2v) is 36.5. The van der Waals surface area contributed by atoms with E-state index in [0.717, 1.165) is 12.8 Å². The van der Waals surface area contributed by atoms with E-state index in [1.54, 1.807) is 33.4 Å². The molecule has 42 heavy (non-hydrogen) atoms. The van der Waals surface area contributed by atoms with Gasteiger partial charge in [-0.25, -0.2) is 0 Å². The van der Waals surface area contributed by atoms with Crippen molar-refractivity contribution in [2.24, 2.45) is 0 Å². The molecule has 0 aliphatic heterocycles. The van der Waals surface area contributed by atoms with E-state index in [1.165, 1.54) is 11.1 Å². The molecule has 214 valence electrons. The van der Waals surface area contributed by atoms with E-state index in [9.17, 15) is 0 Å². The molecule has 0 radical (unpaired) electrons. The van der Waals surface area contributed by atoms with E-state index in [-0.39, 0.29) is 24.8 Å². The quantitative estimate of drug-likeness (QED) is 0.379. The number of halogens is 2. The molecule has 0 aromatic heterocycles. The molecule has 4 heteroatoms. The van der Waals surface area contributed by atoms with Gasteiger partial charge < -0.3 is 24.8 Å². The van der Waals surface area contributed by atoms with Crippen LogP contribution in [0, 0.1) is 0 Å². The standard InChI is InChI=1S/2C18H17.C2H6Si.2ClH.Hf/c2*1-2-14-12-16-10-6-7-11-17(18(16)13-14)15-8-4-3-5-9-15;1-3-2;;;/h2*3-13,17H,2H2,1H3;1-2H3;2*1H;/q;;;;;+2/p-2. The molecule has 0 saturated heterocycles. The second kappa shape index (κ2) is 14.7. The monoisotopic (exact) mass is 774 g/mol. The van der Waals surface area contributed by atoms with Crippen LogP contribution in [-0.4, -0.2) is 5.49 Å². The van der Waals surface area contributed by atoms with Gasteiger partial charge in [0, 0.05) is 0 Å². The maximum Gasteiger partial charge on any atom is -1.00 e. The molecule has 2 aromatic rings. The molecule has 0 saturated carbocycles. The summed E-state index contributed by atoms with van der Waals surface area (Å²) in [5, 5.41) is 0. The van der Waals surface area contributed by atoms with Crippen LogP contribution in [0.4, 0.5) is 0 Å². The minimum atomic E-state index is -2.38. The van der Waals surface area contributed by atoms with Crippen LogP contribution in [0.1, 0.15) is 49.7 Å². The normalized spacial score (nSPS) is 23.5. The third kappa shape index (κ3) is 6.16. The molecule has 0 fully saturated rings. The second-order valence-electron chi connectivity index (χ2n) is 11.6. The van der Waals surface area contributed by atoms with Gasteiger partial charge in [-0.3, -0.25) is 0 Å². The van der Waals surface area contributed by atoms with Crippen LogP contribution < -0.4 is 24.8 Å². The first-order valence-corrected chi connectivity index (χ1v) is 27.0. The average molecular weight is 774 g/mol. The Morgan fingerprint density at radius 3 is 1.33 bits per heavy atom. The fraction of sp³-hybridized carbons (Fsp3) is 0.263. The summed E-state index contributed by atoms with van der Waals surface area (Å²) in [6.07, 6.45) is 26.7. The van der Waals surface area contributed by atoms with Gasteiger partial charge in [0.2, 0.25) is 0 Å². The van der Waals surface area contributed by atoms with E-state index in [0.29, 0.717) is 19.2 Å². The summed E-state index contributed by atoms with van der Waals surface area (Å²) in [7, 11) is 0. The molecule has 4 atom stereocenters. The van der Waals surface area contributed by atoms with Crippen molar-refractivity contribution in [2.75, 3.05) is 0 Å². The summed E-state index contributed by atoms with van der Waals surface area (Å²) < 4.78 is 1.37. The molecule has 4 aliphatic rings. The third-order valence-corrected chi connectivity index (χ3v) is 36.8. The van der Waals surface area contributed by atoms with Crippen LogP contribution >= 0.6 is 0 Å². The molecule has 0 N–H and O–H groups in total. The number of allylic oxidation sites excluding steroid dienone is 16. The van der Waals surface area contributed by atoms with Crippen LogP contribution in [-0.2, 0) is 20.1 Å². The maximum absolute atomic E-state index is 2.66. The van der Waals surface area contributed by atoms with Crippen molar-refractivity contribution in [1.29, 1.82) is 0 Å². The van der Waals surface area contributed by atoms with Crippen LogP contribution in [0.2, 0.25) is 20.4 Å². The summed E-state index contributed by atoms with van der Waals surface area (Å²) in [5.74, 6) is 0.692. The molecule has 2 aromatic carbocycles. The van der Waals surface area contributed by atoms with Crippen LogP contribution in [0.15, 0.2) is 155 Å². The Kier molecular flexibility index (Phi) is 11.5. The molecular weight excluding hydrogens is 734 g/mol. The fourth-order valence-electron chi connectivity index (χ4n) is 7.26. The average Bonchev–Trinajstić information content (AvgIpc) is 3.33.